The van der Waals surface area contributed by atoms with E-state index in [2.05, 4.69) is 15.0 Å². The van der Waals surface area contributed by atoms with Gasteiger partial charge in [0.25, 0.3) is 5.56 Å². The predicted octanol–water partition coefficient (Wildman–Crippen LogP) is 3.10. The maximum atomic E-state index is 12.0. The number of hydrogen-bond acceptors (Lipinski definition) is 4. The van der Waals surface area contributed by atoms with Crippen LogP contribution in [0.4, 0.5) is 0 Å². The lowest BCUT2D eigenvalue weighted by Gasteiger charge is -2.19. The van der Waals surface area contributed by atoms with Crippen molar-refractivity contribution in [1.29, 1.82) is 0 Å². The summed E-state index contributed by atoms with van der Waals surface area (Å²) in [6, 6.07) is 0. The van der Waals surface area contributed by atoms with E-state index in [0.717, 1.165) is 16.4 Å². The summed E-state index contributed by atoms with van der Waals surface area (Å²) in [5.41, 5.74) is 1.49. The Morgan fingerprint density at radius 3 is 2.50 bits per heavy atom. The maximum Gasteiger partial charge on any atom is 0.264 e. The third-order valence-corrected chi connectivity index (χ3v) is 4.36. The molecule has 0 unspecified atom stereocenters. The van der Waals surface area contributed by atoms with Gasteiger partial charge in [0.2, 0.25) is 0 Å². The summed E-state index contributed by atoms with van der Waals surface area (Å²) in [7, 11) is 0. The molecule has 0 aliphatic rings. The van der Waals surface area contributed by atoms with Crippen molar-refractivity contribution in [3.8, 4) is 10.8 Å². The van der Waals surface area contributed by atoms with Crippen molar-refractivity contribution in [2.24, 2.45) is 0 Å². The second-order valence-electron chi connectivity index (χ2n) is 5.12. The molecule has 0 radical (unpaired) electrons. The third kappa shape index (κ3) is 2.64. The van der Waals surface area contributed by atoms with Crippen LogP contribution in [-0.4, -0.2) is 15.0 Å². The molecule has 0 amide bonds. The number of aromatic amines is 1. The maximum absolute atomic E-state index is 12.0. The first-order valence-corrected chi connectivity index (χ1v) is 7.47. The van der Waals surface area contributed by atoms with Gasteiger partial charge in [-0.25, -0.2) is 9.97 Å². The summed E-state index contributed by atoms with van der Waals surface area (Å²) < 4.78 is 0.650. The highest BCUT2D eigenvalue weighted by Gasteiger charge is 2.22. The number of hydrogen-bond donors (Lipinski definition) is 1. The molecule has 0 saturated heterocycles. The Bertz CT molecular complexity index is 640. The average Bonchev–Trinajstić information content (AvgIpc) is 2.67. The minimum absolute atomic E-state index is 0.0987. The van der Waals surface area contributed by atoms with Crippen LogP contribution in [0.25, 0.3) is 10.8 Å². The van der Waals surface area contributed by atoms with Gasteiger partial charge in [-0.3, -0.25) is 4.79 Å². The summed E-state index contributed by atoms with van der Waals surface area (Å²) in [4.78, 5) is 23.7. The van der Waals surface area contributed by atoms with E-state index >= 15 is 0 Å². The van der Waals surface area contributed by atoms with Crippen LogP contribution in [0.3, 0.4) is 0 Å². The van der Waals surface area contributed by atoms with Gasteiger partial charge in [0.15, 0.2) is 10.8 Å². The van der Waals surface area contributed by atoms with Crippen LogP contribution in [0, 0.1) is 10.5 Å². The zero-order valence-electron chi connectivity index (χ0n) is 10.7. The van der Waals surface area contributed by atoms with Crippen molar-refractivity contribution >= 4 is 33.9 Å². The fourth-order valence-corrected chi connectivity index (χ4v) is 3.32. The van der Waals surface area contributed by atoms with Gasteiger partial charge < -0.3 is 4.98 Å². The van der Waals surface area contributed by atoms with Crippen LogP contribution in [0.5, 0.6) is 0 Å². The number of halogens is 1. The van der Waals surface area contributed by atoms with Crippen LogP contribution in [-0.2, 0) is 5.41 Å². The van der Waals surface area contributed by atoms with Gasteiger partial charge in [0.05, 0.1) is 5.69 Å². The van der Waals surface area contributed by atoms with Gasteiger partial charge in [-0.2, -0.15) is 0 Å². The minimum Gasteiger partial charge on any atom is -0.304 e. The Morgan fingerprint density at radius 2 is 2.00 bits per heavy atom. The molecule has 0 aliphatic heterocycles. The highest BCUT2D eigenvalue weighted by molar-refractivity contribution is 14.1. The zero-order valence-corrected chi connectivity index (χ0v) is 13.6. The number of aromatic nitrogens is 3. The highest BCUT2D eigenvalue weighted by Crippen LogP contribution is 2.26. The van der Waals surface area contributed by atoms with Crippen LogP contribution in [0.15, 0.2) is 10.2 Å². The van der Waals surface area contributed by atoms with Crippen molar-refractivity contribution in [3.05, 3.63) is 30.7 Å². The topological polar surface area (TPSA) is 58.6 Å². The Balaban J connectivity index is 2.65. The number of rotatable bonds is 1. The number of nitrogens with one attached hydrogen (secondary N) is 1. The number of thiazole rings is 1. The molecule has 2 aromatic rings. The van der Waals surface area contributed by atoms with Crippen LogP contribution < -0.4 is 5.56 Å². The molecule has 96 valence electrons. The first kappa shape index (κ1) is 13.7. The number of H-pyrrole nitrogens is 1. The first-order chi connectivity index (χ1) is 8.29. The second-order valence-corrected chi connectivity index (χ2v) is 7.06. The quantitative estimate of drug-likeness (QED) is 0.780. The summed E-state index contributed by atoms with van der Waals surface area (Å²) in [6.07, 6.45) is 0. The molecular weight excluding hydrogens is 361 g/mol. The van der Waals surface area contributed by atoms with Gasteiger partial charge in [0, 0.05) is 16.5 Å². The number of aryl methyl sites for hydroxylation is 1. The van der Waals surface area contributed by atoms with Crippen molar-refractivity contribution in [1.82, 2.24) is 15.0 Å². The third-order valence-electron chi connectivity index (χ3n) is 2.39. The van der Waals surface area contributed by atoms with E-state index in [-0.39, 0.29) is 11.0 Å². The molecule has 2 heterocycles. The Labute approximate surface area is 123 Å². The summed E-state index contributed by atoms with van der Waals surface area (Å²) in [6.45, 7) is 8.07. The molecule has 0 fully saturated rings. The molecule has 18 heavy (non-hydrogen) atoms. The molecule has 0 saturated carbocycles. The average molecular weight is 375 g/mol. The van der Waals surface area contributed by atoms with Crippen molar-refractivity contribution in [2.75, 3.05) is 0 Å². The Morgan fingerprint density at radius 1 is 1.33 bits per heavy atom. The predicted molar refractivity (Wildman–Crippen MR) is 82.1 cm³/mol. The zero-order chi connectivity index (χ0) is 13.5. The second kappa shape index (κ2) is 4.73. The molecule has 0 atom stereocenters. The molecule has 1 N–H and O–H groups in total. The van der Waals surface area contributed by atoms with Crippen LogP contribution >= 0.6 is 33.9 Å². The molecule has 0 aromatic carbocycles. The Kier molecular flexibility index (Phi) is 3.59. The first-order valence-electron chi connectivity index (χ1n) is 5.52. The summed E-state index contributed by atoms with van der Waals surface area (Å²) >= 11 is 3.54. The molecule has 2 rings (SSSR count). The largest absolute Gasteiger partial charge is 0.304 e. The van der Waals surface area contributed by atoms with E-state index in [1.807, 2.05) is 55.7 Å². The van der Waals surface area contributed by atoms with E-state index < -0.39 is 0 Å². The lowest BCUT2D eigenvalue weighted by molar-refractivity contribution is 0.562. The fourth-order valence-electron chi connectivity index (χ4n) is 1.52. The van der Waals surface area contributed by atoms with E-state index in [4.69, 9.17) is 0 Å². The van der Waals surface area contributed by atoms with E-state index in [1.54, 1.807) is 0 Å². The van der Waals surface area contributed by atoms with Crippen molar-refractivity contribution < 1.29 is 0 Å². The van der Waals surface area contributed by atoms with Gasteiger partial charge in [-0.15, -0.1) is 11.3 Å². The van der Waals surface area contributed by atoms with E-state index in [1.165, 1.54) is 11.3 Å². The van der Waals surface area contributed by atoms with E-state index in [9.17, 15) is 4.79 Å². The van der Waals surface area contributed by atoms with Crippen LogP contribution in [0.2, 0.25) is 0 Å². The lowest BCUT2D eigenvalue weighted by Crippen LogP contribution is -2.24. The van der Waals surface area contributed by atoms with Crippen LogP contribution in [0.1, 0.15) is 32.2 Å². The van der Waals surface area contributed by atoms with Gasteiger partial charge in [-0.05, 0) is 29.5 Å². The highest BCUT2D eigenvalue weighted by atomic mass is 127. The molecule has 6 heteroatoms. The SMILES string of the molecule is Cc1csc(-c2nc(C(C)(C)C)c(I)c(=O)[nH]2)n1. The normalized spacial score (nSPS) is 11.8. The van der Waals surface area contributed by atoms with Gasteiger partial charge >= 0.3 is 0 Å². The summed E-state index contributed by atoms with van der Waals surface area (Å²) in [5, 5.41) is 2.70. The van der Waals surface area contributed by atoms with E-state index in [0.29, 0.717) is 9.39 Å². The molecule has 0 spiro atoms. The Hall–Kier alpha value is -0.760. The fraction of sp³-hybridized carbons (Fsp3) is 0.417. The standard InChI is InChI=1S/C12H14IN3OS/c1-6-5-18-11(14-6)9-15-8(12(2,3)4)7(13)10(17)16-9/h5H,1-4H3,(H,15,16,17). The molecule has 2 aromatic heterocycles. The number of nitrogens with zero attached hydrogens (tertiary/aromatic N) is 2. The van der Waals surface area contributed by atoms with Gasteiger partial charge in [0.1, 0.15) is 3.57 Å². The molecule has 4 nitrogen and oxygen atoms in total. The smallest absolute Gasteiger partial charge is 0.264 e. The molecular formula is C12H14IN3OS. The van der Waals surface area contributed by atoms with Gasteiger partial charge in [-0.1, -0.05) is 20.8 Å². The summed E-state index contributed by atoms with van der Waals surface area (Å²) in [5.74, 6) is 0.559. The molecule has 0 aliphatic carbocycles. The molecule has 0 bridgehead atoms. The monoisotopic (exact) mass is 375 g/mol. The lowest BCUT2D eigenvalue weighted by atomic mass is 9.92. The van der Waals surface area contributed by atoms with Crippen molar-refractivity contribution in [3.63, 3.8) is 0 Å². The minimum atomic E-state index is -0.161. The van der Waals surface area contributed by atoms with Crippen molar-refractivity contribution in [2.45, 2.75) is 33.1 Å².